The van der Waals surface area contributed by atoms with Crippen LogP contribution in [0.5, 0.6) is 0 Å². The third-order valence-electron chi connectivity index (χ3n) is 3.27. The minimum atomic E-state index is -0.543. The van der Waals surface area contributed by atoms with Crippen LogP contribution in [-0.2, 0) is 16.0 Å². The van der Waals surface area contributed by atoms with Gasteiger partial charge < -0.3 is 15.0 Å². The Hall–Kier alpha value is -2.11. The summed E-state index contributed by atoms with van der Waals surface area (Å²) in [6.07, 6.45) is 0.369. The number of halogens is 1. The molecule has 0 unspecified atom stereocenters. The number of nitrogens with one attached hydrogen (secondary N) is 1. The number of rotatable bonds is 7. The molecule has 0 fully saturated rings. The number of hydrogen-bond acceptors (Lipinski definition) is 3. The van der Waals surface area contributed by atoms with Crippen LogP contribution in [0.4, 0.5) is 9.18 Å². The topological polar surface area (TPSA) is 58.6 Å². The van der Waals surface area contributed by atoms with Crippen LogP contribution >= 0.6 is 0 Å². The molecule has 0 heterocycles. The molecule has 1 aromatic carbocycles. The second kappa shape index (κ2) is 9.25. The molecule has 0 aliphatic carbocycles. The second-order valence-electron chi connectivity index (χ2n) is 6.54. The van der Waals surface area contributed by atoms with E-state index in [9.17, 15) is 14.0 Å². The molecule has 0 bridgehead atoms. The highest BCUT2D eigenvalue weighted by Crippen LogP contribution is 2.09. The van der Waals surface area contributed by atoms with Gasteiger partial charge >= 0.3 is 6.09 Å². The van der Waals surface area contributed by atoms with E-state index in [1.54, 1.807) is 12.1 Å². The molecule has 0 aliphatic heterocycles. The van der Waals surface area contributed by atoms with Gasteiger partial charge in [0.2, 0.25) is 5.91 Å². The lowest BCUT2D eigenvalue weighted by Crippen LogP contribution is -2.41. The van der Waals surface area contributed by atoms with Crippen LogP contribution in [-0.4, -0.2) is 42.1 Å². The van der Waals surface area contributed by atoms with E-state index in [2.05, 4.69) is 5.32 Å². The van der Waals surface area contributed by atoms with E-state index in [-0.39, 0.29) is 24.2 Å². The Bertz CT molecular complexity index is 555. The molecule has 0 saturated carbocycles. The molecule has 0 saturated heterocycles. The molecule has 5 nitrogen and oxygen atoms in total. The van der Waals surface area contributed by atoms with Crippen molar-refractivity contribution in [3.8, 4) is 0 Å². The maximum Gasteiger partial charge on any atom is 0.410 e. The first kappa shape index (κ1) is 19.9. The Balaban J connectivity index is 2.31. The molecule has 1 rings (SSSR count). The molecule has 0 atom stereocenters. The standard InChI is InChI=1S/C18H27FN2O3/c1-5-21(17(23)24-18(2,3)4)12-11-20-16(22)10-9-14-7-6-8-15(19)13-14/h6-8,13H,5,9-12H2,1-4H3,(H,20,22). The molecule has 0 aliphatic rings. The first-order chi connectivity index (χ1) is 11.2. The summed E-state index contributed by atoms with van der Waals surface area (Å²) in [6, 6.07) is 6.22. The monoisotopic (exact) mass is 338 g/mol. The smallest absolute Gasteiger partial charge is 0.410 e. The van der Waals surface area contributed by atoms with Crippen LogP contribution in [0.2, 0.25) is 0 Å². The van der Waals surface area contributed by atoms with Gasteiger partial charge in [-0.2, -0.15) is 0 Å². The Morgan fingerprint density at radius 1 is 1.29 bits per heavy atom. The number of hydrogen-bond donors (Lipinski definition) is 1. The molecular weight excluding hydrogens is 311 g/mol. The van der Waals surface area contributed by atoms with Crippen molar-refractivity contribution in [2.24, 2.45) is 0 Å². The fourth-order valence-electron chi connectivity index (χ4n) is 2.07. The van der Waals surface area contributed by atoms with E-state index in [1.807, 2.05) is 27.7 Å². The summed E-state index contributed by atoms with van der Waals surface area (Å²) in [5, 5.41) is 2.77. The molecule has 0 radical (unpaired) electrons. The van der Waals surface area contributed by atoms with Crippen molar-refractivity contribution in [2.45, 2.75) is 46.1 Å². The highest BCUT2D eigenvalue weighted by Gasteiger charge is 2.20. The number of aryl methyl sites for hydroxylation is 1. The SMILES string of the molecule is CCN(CCNC(=O)CCc1cccc(F)c1)C(=O)OC(C)(C)C. The molecule has 0 spiro atoms. The first-order valence-electron chi connectivity index (χ1n) is 8.20. The van der Waals surface area contributed by atoms with Crippen molar-refractivity contribution in [1.82, 2.24) is 10.2 Å². The maximum absolute atomic E-state index is 13.1. The molecule has 2 amide bonds. The largest absolute Gasteiger partial charge is 0.444 e. The molecule has 6 heteroatoms. The van der Waals surface area contributed by atoms with E-state index in [1.165, 1.54) is 17.0 Å². The van der Waals surface area contributed by atoms with Crippen LogP contribution in [0.15, 0.2) is 24.3 Å². The lowest BCUT2D eigenvalue weighted by Gasteiger charge is -2.26. The van der Waals surface area contributed by atoms with Gasteiger partial charge in [0.1, 0.15) is 11.4 Å². The van der Waals surface area contributed by atoms with E-state index >= 15 is 0 Å². The van der Waals surface area contributed by atoms with Gasteiger partial charge in [-0.15, -0.1) is 0 Å². The molecule has 24 heavy (non-hydrogen) atoms. The average Bonchev–Trinajstić information content (AvgIpc) is 2.47. The lowest BCUT2D eigenvalue weighted by atomic mass is 10.1. The van der Waals surface area contributed by atoms with Crippen molar-refractivity contribution in [2.75, 3.05) is 19.6 Å². The van der Waals surface area contributed by atoms with E-state index in [4.69, 9.17) is 4.74 Å². The van der Waals surface area contributed by atoms with Gasteiger partial charge in [-0.05, 0) is 51.8 Å². The van der Waals surface area contributed by atoms with Crippen molar-refractivity contribution in [1.29, 1.82) is 0 Å². The molecule has 1 N–H and O–H groups in total. The number of carbonyl (C=O) groups excluding carboxylic acids is 2. The fraction of sp³-hybridized carbons (Fsp3) is 0.556. The van der Waals surface area contributed by atoms with Crippen LogP contribution < -0.4 is 5.32 Å². The third-order valence-corrected chi connectivity index (χ3v) is 3.27. The minimum Gasteiger partial charge on any atom is -0.444 e. The summed E-state index contributed by atoms with van der Waals surface area (Å²) < 4.78 is 18.4. The Morgan fingerprint density at radius 3 is 2.58 bits per heavy atom. The summed E-state index contributed by atoms with van der Waals surface area (Å²) in [5.74, 6) is -0.427. The van der Waals surface area contributed by atoms with Crippen LogP contribution in [0.25, 0.3) is 0 Å². The van der Waals surface area contributed by atoms with E-state index in [0.717, 1.165) is 5.56 Å². The summed E-state index contributed by atoms with van der Waals surface area (Å²) in [4.78, 5) is 25.3. The summed E-state index contributed by atoms with van der Waals surface area (Å²) in [5.41, 5.74) is 0.243. The zero-order valence-corrected chi connectivity index (χ0v) is 14.9. The normalized spacial score (nSPS) is 11.0. The predicted octanol–water partition coefficient (Wildman–Crippen LogP) is 3.13. The van der Waals surface area contributed by atoms with Crippen molar-refractivity contribution in [3.05, 3.63) is 35.6 Å². The van der Waals surface area contributed by atoms with E-state index in [0.29, 0.717) is 26.1 Å². The zero-order valence-electron chi connectivity index (χ0n) is 14.9. The predicted molar refractivity (Wildman–Crippen MR) is 91.2 cm³/mol. The third kappa shape index (κ3) is 7.94. The molecule has 1 aromatic rings. The Labute approximate surface area is 143 Å². The highest BCUT2D eigenvalue weighted by atomic mass is 19.1. The van der Waals surface area contributed by atoms with E-state index < -0.39 is 5.60 Å². The van der Waals surface area contributed by atoms with Gasteiger partial charge in [0.15, 0.2) is 0 Å². The Morgan fingerprint density at radius 2 is 2.00 bits per heavy atom. The Kier molecular flexibility index (Phi) is 7.68. The van der Waals surface area contributed by atoms with Gasteiger partial charge in [-0.1, -0.05) is 12.1 Å². The maximum atomic E-state index is 13.1. The van der Waals surface area contributed by atoms with Crippen molar-refractivity contribution >= 4 is 12.0 Å². The lowest BCUT2D eigenvalue weighted by molar-refractivity contribution is -0.121. The minimum absolute atomic E-state index is 0.125. The van der Waals surface area contributed by atoms with Crippen molar-refractivity contribution < 1.29 is 18.7 Å². The van der Waals surface area contributed by atoms with Gasteiger partial charge in [-0.25, -0.2) is 9.18 Å². The van der Waals surface area contributed by atoms with Crippen LogP contribution in [0, 0.1) is 5.82 Å². The number of carbonyl (C=O) groups is 2. The number of amides is 2. The molecule has 0 aromatic heterocycles. The quantitative estimate of drug-likeness (QED) is 0.831. The number of likely N-dealkylation sites (N-methyl/N-ethyl adjacent to an activating group) is 1. The summed E-state index contributed by atoms with van der Waals surface area (Å²) in [6.45, 7) is 8.54. The summed E-state index contributed by atoms with van der Waals surface area (Å²) in [7, 11) is 0. The first-order valence-corrected chi connectivity index (χ1v) is 8.20. The number of benzene rings is 1. The van der Waals surface area contributed by atoms with Gasteiger partial charge in [-0.3, -0.25) is 4.79 Å². The highest BCUT2D eigenvalue weighted by molar-refractivity contribution is 5.76. The van der Waals surface area contributed by atoms with Crippen LogP contribution in [0.3, 0.4) is 0 Å². The average molecular weight is 338 g/mol. The van der Waals surface area contributed by atoms with Crippen molar-refractivity contribution in [3.63, 3.8) is 0 Å². The number of nitrogens with zero attached hydrogens (tertiary/aromatic N) is 1. The fourth-order valence-corrected chi connectivity index (χ4v) is 2.07. The zero-order chi connectivity index (χ0) is 18.2. The molecular formula is C18H27FN2O3. The van der Waals surface area contributed by atoms with Gasteiger partial charge in [0, 0.05) is 26.1 Å². The number of ether oxygens (including phenoxy) is 1. The summed E-state index contributed by atoms with van der Waals surface area (Å²) >= 11 is 0. The van der Waals surface area contributed by atoms with Gasteiger partial charge in [0.25, 0.3) is 0 Å². The van der Waals surface area contributed by atoms with Crippen LogP contribution in [0.1, 0.15) is 39.7 Å². The second-order valence-corrected chi connectivity index (χ2v) is 6.54. The molecule has 134 valence electrons. The van der Waals surface area contributed by atoms with Gasteiger partial charge in [0.05, 0.1) is 0 Å².